The lowest BCUT2D eigenvalue weighted by Gasteiger charge is -2.29. The molecule has 0 unspecified atom stereocenters. The quantitative estimate of drug-likeness (QED) is 0.714. The smallest absolute Gasteiger partial charge is 0.246 e. The molecule has 0 bridgehead atoms. The van der Waals surface area contributed by atoms with Crippen LogP contribution in [0.3, 0.4) is 0 Å². The first kappa shape index (κ1) is 18.9. The van der Waals surface area contributed by atoms with Crippen LogP contribution in [0.2, 0.25) is 10.0 Å². The lowest BCUT2D eigenvalue weighted by Crippen LogP contribution is -2.32. The Labute approximate surface area is 164 Å². The zero-order valence-electron chi connectivity index (χ0n) is 14.8. The van der Waals surface area contributed by atoms with Crippen LogP contribution in [-0.2, 0) is 4.79 Å². The number of carbonyl (C=O) groups excluding carboxylic acids is 1. The van der Waals surface area contributed by atoms with Crippen molar-refractivity contribution in [2.75, 3.05) is 28.6 Å². The molecule has 1 fully saturated rings. The number of hydrogen-bond donors (Lipinski definition) is 2. The highest BCUT2D eigenvalue weighted by Crippen LogP contribution is 2.26. The summed E-state index contributed by atoms with van der Waals surface area (Å²) in [5.74, 6) is -0.172. The van der Waals surface area contributed by atoms with Crippen LogP contribution in [-0.4, -0.2) is 25.0 Å². The molecular weight excluding hydrogens is 369 g/mol. The van der Waals surface area contributed by atoms with Crippen LogP contribution in [0.15, 0.2) is 42.5 Å². The van der Waals surface area contributed by atoms with Gasteiger partial charge in [0.1, 0.15) is 6.04 Å². The van der Waals surface area contributed by atoms with Crippen LogP contribution in [0.25, 0.3) is 0 Å². The fraction of sp³-hybridized carbons (Fsp3) is 0.350. The summed E-state index contributed by atoms with van der Waals surface area (Å²) in [6.45, 7) is 4.05. The van der Waals surface area contributed by atoms with Gasteiger partial charge in [0, 0.05) is 29.5 Å². The van der Waals surface area contributed by atoms with E-state index >= 15 is 0 Å². The number of piperidine rings is 1. The number of benzene rings is 2. The topological polar surface area (TPSA) is 44.4 Å². The molecule has 26 heavy (non-hydrogen) atoms. The second kappa shape index (κ2) is 8.65. The Morgan fingerprint density at radius 2 is 1.73 bits per heavy atom. The lowest BCUT2D eigenvalue weighted by atomic mass is 10.1. The maximum atomic E-state index is 12.4. The van der Waals surface area contributed by atoms with E-state index in [-0.39, 0.29) is 5.91 Å². The van der Waals surface area contributed by atoms with E-state index in [9.17, 15) is 4.79 Å². The van der Waals surface area contributed by atoms with E-state index in [1.807, 2.05) is 19.1 Å². The fourth-order valence-corrected chi connectivity index (χ4v) is 3.41. The molecule has 1 aliphatic heterocycles. The SMILES string of the molecule is C[C@@H](Nc1ccc(N2CCCCC2)cc1)C(=O)Nc1cc(Cl)ccc1Cl. The molecule has 1 heterocycles. The van der Waals surface area contributed by atoms with Crippen LogP contribution in [0, 0.1) is 0 Å². The van der Waals surface area contributed by atoms with Gasteiger partial charge in [0.15, 0.2) is 0 Å². The predicted octanol–water partition coefficient (Wildman–Crippen LogP) is 5.42. The third-order valence-electron chi connectivity index (χ3n) is 4.55. The molecule has 0 aromatic heterocycles. The van der Waals surface area contributed by atoms with E-state index in [1.165, 1.54) is 24.9 Å². The lowest BCUT2D eigenvalue weighted by molar-refractivity contribution is -0.116. The predicted molar refractivity (Wildman–Crippen MR) is 111 cm³/mol. The third-order valence-corrected chi connectivity index (χ3v) is 5.12. The Morgan fingerprint density at radius 1 is 1.04 bits per heavy atom. The number of anilines is 3. The maximum absolute atomic E-state index is 12.4. The van der Waals surface area contributed by atoms with Crippen molar-refractivity contribution in [3.05, 3.63) is 52.5 Å². The average Bonchev–Trinajstić information content (AvgIpc) is 2.66. The van der Waals surface area contributed by atoms with Crippen LogP contribution >= 0.6 is 23.2 Å². The van der Waals surface area contributed by atoms with Crippen molar-refractivity contribution in [1.29, 1.82) is 0 Å². The van der Waals surface area contributed by atoms with Gasteiger partial charge in [-0.1, -0.05) is 23.2 Å². The van der Waals surface area contributed by atoms with Crippen LogP contribution in [0.4, 0.5) is 17.1 Å². The summed E-state index contributed by atoms with van der Waals surface area (Å²) in [5, 5.41) is 7.01. The maximum Gasteiger partial charge on any atom is 0.246 e. The minimum absolute atomic E-state index is 0.172. The molecule has 4 nitrogen and oxygen atoms in total. The van der Waals surface area contributed by atoms with E-state index < -0.39 is 6.04 Å². The molecule has 3 rings (SSSR count). The molecule has 2 aromatic rings. The Balaban J connectivity index is 1.59. The molecule has 0 spiro atoms. The molecule has 1 saturated heterocycles. The van der Waals surface area contributed by atoms with Crippen LogP contribution in [0.5, 0.6) is 0 Å². The Bertz CT molecular complexity index is 758. The van der Waals surface area contributed by atoms with Crippen LogP contribution in [0.1, 0.15) is 26.2 Å². The average molecular weight is 392 g/mol. The number of amides is 1. The second-order valence-electron chi connectivity index (χ2n) is 6.57. The normalized spacial score (nSPS) is 15.4. The number of carbonyl (C=O) groups is 1. The molecule has 0 saturated carbocycles. The van der Waals surface area contributed by atoms with Gasteiger partial charge in [0.25, 0.3) is 0 Å². The molecule has 6 heteroatoms. The van der Waals surface area contributed by atoms with Crippen molar-refractivity contribution in [2.45, 2.75) is 32.2 Å². The summed E-state index contributed by atoms with van der Waals surface area (Å²) < 4.78 is 0. The minimum atomic E-state index is -0.411. The number of rotatable bonds is 5. The molecule has 0 aliphatic carbocycles. The van der Waals surface area contributed by atoms with E-state index in [0.717, 1.165) is 18.8 Å². The van der Waals surface area contributed by atoms with Gasteiger partial charge in [0.2, 0.25) is 5.91 Å². The van der Waals surface area contributed by atoms with Gasteiger partial charge in [-0.25, -0.2) is 0 Å². The first-order valence-corrected chi connectivity index (χ1v) is 9.66. The van der Waals surface area contributed by atoms with Gasteiger partial charge in [-0.3, -0.25) is 4.79 Å². The molecular formula is C20H23Cl2N3O. The number of nitrogens with one attached hydrogen (secondary N) is 2. The summed E-state index contributed by atoms with van der Waals surface area (Å²) in [6.07, 6.45) is 3.83. The summed E-state index contributed by atoms with van der Waals surface area (Å²) in [7, 11) is 0. The Hall–Kier alpha value is -1.91. The molecule has 2 aromatic carbocycles. The summed E-state index contributed by atoms with van der Waals surface area (Å²) in [4.78, 5) is 14.8. The van der Waals surface area contributed by atoms with Gasteiger partial charge in [0.05, 0.1) is 10.7 Å². The summed E-state index contributed by atoms with van der Waals surface area (Å²) in [6, 6.07) is 12.8. The van der Waals surface area contributed by atoms with Crippen molar-refractivity contribution in [3.63, 3.8) is 0 Å². The van der Waals surface area contributed by atoms with E-state index in [1.54, 1.807) is 18.2 Å². The van der Waals surface area contributed by atoms with Crippen molar-refractivity contribution in [1.82, 2.24) is 0 Å². The van der Waals surface area contributed by atoms with Crippen LogP contribution < -0.4 is 15.5 Å². The highest BCUT2D eigenvalue weighted by Gasteiger charge is 2.15. The second-order valence-corrected chi connectivity index (χ2v) is 7.42. The molecule has 1 atom stereocenters. The Morgan fingerprint density at radius 3 is 2.42 bits per heavy atom. The van der Waals surface area contributed by atoms with Gasteiger partial charge in [-0.2, -0.15) is 0 Å². The first-order valence-electron chi connectivity index (χ1n) is 8.90. The molecule has 2 N–H and O–H groups in total. The minimum Gasteiger partial charge on any atom is -0.374 e. The van der Waals surface area contributed by atoms with Gasteiger partial charge >= 0.3 is 0 Å². The van der Waals surface area contributed by atoms with E-state index in [4.69, 9.17) is 23.2 Å². The molecule has 138 valence electrons. The zero-order chi connectivity index (χ0) is 18.5. The molecule has 1 amide bonds. The van der Waals surface area contributed by atoms with Crippen molar-refractivity contribution in [3.8, 4) is 0 Å². The fourth-order valence-electron chi connectivity index (χ4n) is 3.07. The molecule has 1 aliphatic rings. The van der Waals surface area contributed by atoms with E-state index in [0.29, 0.717) is 15.7 Å². The van der Waals surface area contributed by atoms with Gasteiger partial charge in [-0.05, 0) is 68.7 Å². The van der Waals surface area contributed by atoms with Gasteiger partial charge < -0.3 is 15.5 Å². The summed E-state index contributed by atoms with van der Waals surface area (Å²) in [5.41, 5.74) is 2.65. The Kier molecular flexibility index (Phi) is 6.28. The largest absolute Gasteiger partial charge is 0.374 e. The van der Waals surface area contributed by atoms with Crippen molar-refractivity contribution >= 4 is 46.2 Å². The number of hydrogen-bond acceptors (Lipinski definition) is 3. The van der Waals surface area contributed by atoms with Crippen molar-refractivity contribution in [2.24, 2.45) is 0 Å². The van der Waals surface area contributed by atoms with Crippen molar-refractivity contribution < 1.29 is 4.79 Å². The standard InChI is InChI=1S/C20H23Cl2N3O/c1-14(20(26)24-19-13-15(21)5-10-18(19)22)23-16-6-8-17(9-7-16)25-11-3-2-4-12-25/h5-10,13-14,23H,2-4,11-12H2,1H3,(H,24,26)/t14-/m1/s1. The third kappa shape index (κ3) is 4.83. The highest BCUT2D eigenvalue weighted by atomic mass is 35.5. The summed E-state index contributed by atoms with van der Waals surface area (Å²) >= 11 is 12.1. The van der Waals surface area contributed by atoms with E-state index in [2.05, 4.69) is 27.7 Å². The number of halogens is 2. The number of nitrogens with zero attached hydrogens (tertiary/aromatic N) is 1. The van der Waals surface area contributed by atoms with Gasteiger partial charge in [-0.15, -0.1) is 0 Å². The molecule has 0 radical (unpaired) electrons. The highest BCUT2D eigenvalue weighted by molar-refractivity contribution is 6.35. The zero-order valence-corrected chi connectivity index (χ0v) is 16.3. The first-order chi connectivity index (χ1) is 12.5. The monoisotopic (exact) mass is 391 g/mol.